The van der Waals surface area contributed by atoms with Gasteiger partial charge in [0, 0.05) is 27.3 Å². The van der Waals surface area contributed by atoms with Gasteiger partial charge in [-0.2, -0.15) is 0 Å². The predicted molar refractivity (Wildman–Crippen MR) is 126 cm³/mol. The van der Waals surface area contributed by atoms with E-state index >= 15 is 0 Å². The Labute approximate surface area is 205 Å². The zero-order valence-corrected chi connectivity index (χ0v) is 24.0. The molecule has 30 heavy (non-hydrogen) atoms. The molecule has 3 saturated carbocycles. The number of hydrogen-bond donors (Lipinski definition) is 2. The minimum absolute atomic E-state index is 0. The van der Waals surface area contributed by atoms with Crippen molar-refractivity contribution in [2.45, 2.75) is 111 Å². The Kier molecular flexibility index (Phi) is 7.94. The van der Waals surface area contributed by atoms with Crippen molar-refractivity contribution in [2.75, 3.05) is 0 Å². The van der Waals surface area contributed by atoms with E-state index in [-0.39, 0.29) is 39.5 Å². The van der Waals surface area contributed by atoms with E-state index in [0.717, 1.165) is 43.4 Å². The average molecular weight is 610 g/mol. The molecule has 0 saturated heterocycles. The van der Waals surface area contributed by atoms with Gasteiger partial charge >= 0.3 is 0 Å². The Morgan fingerprint density at radius 3 is 2.43 bits per heavy atom. The fraction of sp³-hybridized carbons (Fsp3) is 0.926. The molecule has 2 N–H and O–H groups in total. The van der Waals surface area contributed by atoms with Crippen LogP contribution in [0.25, 0.3) is 0 Å². The molecular formula is C27H46O2Pb. The molecule has 0 aromatic carbocycles. The topological polar surface area (TPSA) is 40.5 Å². The molecule has 0 aromatic rings. The summed E-state index contributed by atoms with van der Waals surface area (Å²) in [7, 11) is 0. The molecule has 4 aliphatic rings. The first-order valence-electron chi connectivity index (χ1n) is 12.7. The minimum Gasteiger partial charge on any atom is -0.393 e. The van der Waals surface area contributed by atoms with Gasteiger partial charge in [-0.15, -0.1) is 0 Å². The standard InChI is InChI=1S/C27H46O2.Pb/c1-17(2)6-11-25(29)18(3)22-9-10-23-21-8-7-19-16-20(28)12-14-26(19,4)24(21)13-15-27(22,23)5;/h7,17-18,20-25,28-29H,6,8-16H2,1-5H3;/t18-,20?,21+,22+,23?,24+,25+,26-,27+;/m0./s1. The molecule has 0 aromatic heterocycles. The fourth-order valence-electron chi connectivity index (χ4n) is 8.58. The molecular weight excluding hydrogens is 563 g/mol. The first-order valence-corrected chi connectivity index (χ1v) is 12.7. The molecule has 0 spiro atoms. The van der Waals surface area contributed by atoms with Crippen molar-refractivity contribution in [1.29, 1.82) is 0 Å². The molecule has 4 radical (unpaired) electrons. The van der Waals surface area contributed by atoms with Gasteiger partial charge in [0.1, 0.15) is 0 Å². The largest absolute Gasteiger partial charge is 0.393 e. The zero-order valence-electron chi connectivity index (χ0n) is 20.2. The van der Waals surface area contributed by atoms with Gasteiger partial charge < -0.3 is 10.2 Å². The quantitative estimate of drug-likeness (QED) is 0.298. The maximum absolute atomic E-state index is 11.0. The average Bonchev–Trinajstić information content (AvgIpc) is 3.03. The number of hydrogen-bond acceptors (Lipinski definition) is 2. The van der Waals surface area contributed by atoms with Crippen molar-refractivity contribution >= 4 is 27.3 Å². The van der Waals surface area contributed by atoms with Crippen LogP contribution in [0.2, 0.25) is 0 Å². The molecule has 2 nitrogen and oxygen atoms in total. The first kappa shape index (κ1) is 25.2. The summed E-state index contributed by atoms with van der Waals surface area (Å²) in [5.41, 5.74) is 2.33. The third-order valence-corrected chi connectivity index (χ3v) is 10.4. The molecule has 3 fully saturated rings. The second-order valence-electron chi connectivity index (χ2n) is 12.3. The number of allylic oxidation sites excluding steroid dienone is 1. The van der Waals surface area contributed by atoms with E-state index in [1.807, 2.05) is 0 Å². The fourth-order valence-corrected chi connectivity index (χ4v) is 8.58. The van der Waals surface area contributed by atoms with Crippen molar-refractivity contribution < 1.29 is 10.2 Å². The molecule has 4 aliphatic carbocycles. The van der Waals surface area contributed by atoms with Crippen molar-refractivity contribution in [2.24, 2.45) is 46.3 Å². The number of aliphatic hydroxyl groups is 2. The monoisotopic (exact) mass is 610 g/mol. The summed E-state index contributed by atoms with van der Waals surface area (Å²) in [6, 6.07) is 0. The van der Waals surface area contributed by atoms with E-state index in [9.17, 15) is 10.2 Å². The number of aliphatic hydroxyl groups excluding tert-OH is 2. The Morgan fingerprint density at radius 1 is 1.00 bits per heavy atom. The van der Waals surface area contributed by atoms with E-state index in [4.69, 9.17) is 0 Å². The molecule has 3 heteroatoms. The Balaban J connectivity index is 0.00000256. The predicted octanol–water partition coefficient (Wildman–Crippen LogP) is 5.98. The van der Waals surface area contributed by atoms with Crippen molar-refractivity contribution in [3.05, 3.63) is 11.6 Å². The van der Waals surface area contributed by atoms with Crippen molar-refractivity contribution in [3.8, 4) is 0 Å². The van der Waals surface area contributed by atoms with Gasteiger partial charge in [0.2, 0.25) is 0 Å². The third-order valence-electron chi connectivity index (χ3n) is 10.4. The summed E-state index contributed by atoms with van der Waals surface area (Å²) in [6.45, 7) is 12.0. The van der Waals surface area contributed by atoms with Crippen LogP contribution in [0.3, 0.4) is 0 Å². The van der Waals surface area contributed by atoms with Crippen molar-refractivity contribution in [3.63, 3.8) is 0 Å². The maximum Gasteiger partial charge on any atom is 0.0577 e. The molecule has 2 unspecified atom stereocenters. The minimum atomic E-state index is -0.133. The van der Waals surface area contributed by atoms with Crippen LogP contribution in [0.4, 0.5) is 0 Å². The van der Waals surface area contributed by atoms with Crippen LogP contribution < -0.4 is 0 Å². The van der Waals surface area contributed by atoms with Gasteiger partial charge in [0.15, 0.2) is 0 Å². The summed E-state index contributed by atoms with van der Waals surface area (Å²) in [4.78, 5) is 0. The summed E-state index contributed by atoms with van der Waals surface area (Å²) in [5.74, 6) is 4.25. The maximum atomic E-state index is 11.0. The van der Waals surface area contributed by atoms with Crippen LogP contribution in [0.5, 0.6) is 0 Å². The van der Waals surface area contributed by atoms with Gasteiger partial charge in [0.25, 0.3) is 0 Å². The van der Waals surface area contributed by atoms with E-state index in [1.54, 1.807) is 5.57 Å². The second-order valence-corrected chi connectivity index (χ2v) is 12.3. The Bertz CT molecular complexity index is 630. The van der Waals surface area contributed by atoms with Gasteiger partial charge in [0.05, 0.1) is 12.2 Å². The number of rotatable bonds is 5. The molecule has 170 valence electrons. The Morgan fingerprint density at radius 2 is 1.73 bits per heavy atom. The normalized spacial score (nSPS) is 44.9. The van der Waals surface area contributed by atoms with Crippen molar-refractivity contribution in [1.82, 2.24) is 0 Å². The van der Waals surface area contributed by atoms with Gasteiger partial charge in [-0.1, -0.05) is 46.3 Å². The molecule has 4 rings (SSSR count). The summed E-state index contributed by atoms with van der Waals surface area (Å²) in [5, 5.41) is 21.2. The van der Waals surface area contributed by atoms with E-state index < -0.39 is 0 Å². The molecule has 0 heterocycles. The molecule has 0 bridgehead atoms. The van der Waals surface area contributed by atoms with Gasteiger partial charge in [-0.25, -0.2) is 0 Å². The summed E-state index contributed by atoms with van der Waals surface area (Å²) >= 11 is 0. The van der Waals surface area contributed by atoms with Gasteiger partial charge in [-0.05, 0) is 111 Å². The summed E-state index contributed by atoms with van der Waals surface area (Å²) < 4.78 is 0. The smallest absolute Gasteiger partial charge is 0.0577 e. The van der Waals surface area contributed by atoms with Gasteiger partial charge in [-0.3, -0.25) is 0 Å². The van der Waals surface area contributed by atoms with Crippen LogP contribution in [0.15, 0.2) is 11.6 Å². The van der Waals surface area contributed by atoms with Crippen LogP contribution in [-0.2, 0) is 0 Å². The molecule has 0 amide bonds. The molecule has 9 atom stereocenters. The van der Waals surface area contributed by atoms with Crippen LogP contribution in [0.1, 0.15) is 98.8 Å². The second kappa shape index (κ2) is 9.45. The Hall–Kier alpha value is 0.582. The van der Waals surface area contributed by atoms with Crippen LogP contribution in [0, 0.1) is 46.3 Å². The first-order chi connectivity index (χ1) is 13.7. The third kappa shape index (κ3) is 4.24. The van der Waals surface area contributed by atoms with E-state index in [1.165, 1.54) is 38.5 Å². The zero-order chi connectivity index (χ0) is 21.0. The van der Waals surface area contributed by atoms with E-state index in [0.29, 0.717) is 28.6 Å². The summed E-state index contributed by atoms with van der Waals surface area (Å²) in [6.07, 6.45) is 14.1. The SMILES string of the molecule is CC(C)CC[C@@H](O)[C@@H](C)[C@H]1CCC2[C@H]3CC=C4CC(O)CC[C@]4(C)[C@@H]3CC[C@@]21C.[Pb]. The molecule has 0 aliphatic heterocycles. The van der Waals surface area contributed by atoms with Crippen LogP contribution in [-0.4, -0.2) is 49.7 Å². The van der Waals surface area contributed by atoms with E-state index in [2.05, 4.69) is 40.7 Å². The number of fused-ring (bicyclic) bond motifs is 5. The van der Waals surface area contributed by atoms with Crippen LogP contribution >= 0.6 is 0 Å².